The van der Waals surface area contributed by atoms with E-state index in [1.165, 1.54) is 19.2 Å². The smallest absolute Gasteiger partial charge is 0.311 e. The van der Waals surface area contributed by atoms with Gasteiger partial charge in [-0.2, -0.15) is 0 Å². The highest BCUT2D eigenvalue weighted by Gasteiger charge is 2.16. The van der Waals surface area contributed by atoms with Crippen molar-refractivity contribution in [3.05, 3.63) is 22.2 Å². The van der Waals surface area contributed by atoms with Crippen LogP contribution in [0.15, 0.2) is 12.1 Å². The third-order valence-electron chi connectivity index (χ3n) is 1.96. The molecule has 4 N–H and O–H groups in total. The molecule has 1 heterocycles. The maximum atomic E-state index is 10.7. The summed E-state index contributed by atoms with van der Waals surface area (Å²) in [6.07, 6.45) is -0.775. The van der Waals surface area contributed by atoms with Crippen molar-refractivity contribution in [2.75, 3.05) is 31.3 Å². The Kier molecular flexibility index (Phi) is 4.61. The fourth-order valence-electron chi connectivity index (χ4n) is 1.21. The molecule has 0 aliphatic heterocycles. The van der Waals surface area contributed by atoms with E-state index in [4.69, 9.17) is 10.5 Å². The van der Waals surface area contributed by atoms with Gasteiger partial charge in [0.25, 0.3) is 0 Å². The van der Waals surface area contributed by atoms with Crippen LogP contribution in [0.2, 0.25) is 0 Å². The molecule has 17 heavy (non-hydrogen) atoms. The van der Waals surface area contributed by atoms with Crippen LogP contribution in [-0.4, -0.2) is 41.4 Å². The molecular formula is C9H14N4O4. The average Bonchev–Trinajstić information content (AvgIpc) is 2.26. The number of nitro groups is 1. The highest BCUT2D eigenvalue weighted by Crippen LogP contribution is 2.22. The van der Waals surface area contributed by atoms with Crippen molar-refractivity contribution in [2.24, 2.45) is 0 Å². The van der Waals surface area contributed by atoms with Crippen molar-refractivity contribution in [1.82, 2.24) is 4.98 Å². The Morgan fingerprint density at radius 1 is 1.71 bits per heavy atom. The standard InChI is InChI=1S/C9H14N4O4/c1-17-5-6(14)4-11-9-7(13(15)16)2-3-8(10)12-9/h2-3,6,14H,4-5H2,1H3,(H3,10,11,12). The maximum Gasteiger partial charge on any atom is 0.311 e. The lowest BCUT2D eigenvalue weighted by molar-refractivity contribution is -0.384. The van der Waals surface area contributed by atoms with Crippen LogP contribution in [0.5, 0.6) is 0 Å². The Balaban J connectivity index is 2.75. The summed E-state index contributed by atoms with van der Waals surface area (Å²) in [6, 6.07) is 2.60. The van der Waals surface area contributed by atoms with E-state index in [0.29, 0.717) is 0 Å². The second-order valence-electron chi connectivity index (χ2n) is 3.35. The van der Waals surface area contributed by atoms with Gasteiger partial charge in [0.1, 0.15) is 5.82 Å². The zero-order chi connectivity index (χ0) is 12.8. The number of aliphatic hydroxyl groups excluding tert-OH is 1. The Morgan fingerprint density at radius 2 is 2.41 bits per heavy atom. The van der Waals surface area contributed by atoms with Gasteiger partial charge in [-0.3, -0.25) is 10.1 Å². The summed E-state index contributed by atoms with van der Waals surface area (Å²) in [6.45, 7) is 0.217. The lowest BCUT2D eigenvalue weighted by Gasteiger charge is -2.11. The number of ether oxygens (including phenoxy) is 1. The molecule has 1 aromatic heterocycles. The van der Waals surface area contributed by atoms with Crippen molar-refractivity contribution in [3.63, 3.8) is 0 Å². The summed E-state index contributed by atoms with van der Waals surface area (Å²) in [5, 5.41) is 22.8. The molecule has 8 nitrogen and oxygen atoms in total. The first-order valence-electron chi connectivity index (χ1n) is 4.86. The van der Waals surface area contributed by atoms with Crippen molar-refractivity contribution in [3.8, 4) is 0 Å². The molecule has 0 radical (unpaired) electrons. The zero-order valence-electron chi connectivity index (χ0n) is 9.29. The zero-order valence-corrected chi connectivity index (χ0v) is 9.29. The van der Waals surface area contributed by atoms with E-state index in [-0.39, 0.29) is 30.5 Å². The van der Waals surface area contributed by atoms with Crippen LogP contribution >= 0.6 is 0 Å². The lowest BCUT2D eigenvalue weighted by Crippen LogP contribution is -2.24. The minimum atomic E-state index is -0.775. The molecule has 0 amide bonds. The Labute approximate surface area is 97.6 Å². The molecule has 1 unspecified atom stereocenters. The van der Waals surface area contributed by atoms with E-state index in [0.717, 1.165) is 0 Å². The molecule has 8 heteroatoms. The van der Waals surface area contributed by atoms with Gasteiger partial charge in [0.15, 0.2) is 0 Å². The lowest BCUT2D eigenvalue weighted by atomic mass is 10.3. The third-order valence-corrected chi connectivity index (χ3v) is 1.96. The first-order chi connectivity index (χ1) is 8.04. The predicted octanol–water partition coefficient (Wildman–Crippen LogP) is -0.00880. The number of anilines is 2. The third kappa shape index (κ3) is 3.85. The highest BCUT2D eigenvalue weighted by atomic mass is 16.6. The number of hydrogen-bond acceptors (Lipinski definition) is 7. The predicted molar refractivity (Wildman–Crippen MR) is 61.7 cm³/mol. The Morgan fingerprint density at radius 3 is 3.00 bits per heavy atom. The molecule has 0 aliphatic carbocycles. The van der Waals surface area contributed by atoms with Gasteiger partial charge in [-0.15, -0.1) is 0 Å². The summed E-state index contributed by atoms with van der Waals surface area (Å²) in [7, 11) is 1.45. The summed E-state index contributed by atoms with van der Waals surface area (Å²) in [5.74, 6) is 0.199. The van der Waals surface area contributed by atoms with Crippen molar-refractivity contribution in [2.45, 2.75) is 6.10 Å². The molecule has 0 saturated heterocycles. The van der Waals surface area contributed by atoms with E-state index in [1.807, 2.05) is 0 Å². The van der Waals surface area contributed by atoms with Crippen LogP contribution < -0.4 is 11.1 Å². The molecule has 0 aromatic carbocycles. The molecule has 0 spiro atoms. The largest absolute Gasteiger partial charge is 0.389 e. The van der Waals surface area contributed by atoms with Crippen LogP contribution in [0, 0.1) is 10.1 Å². The van der Waals surface area contributed by atoms with Gasteiger partial charge in [0, 0.05) is 19.7 Å². The summed E-state index contributed by atoms with van der Waals surface area (Å²) < 4.78 is 4.72. The van der Waals surface area contributed by atoms with Crippen LogP contribution in [-0.2, 0) is 4.74 Å². The maximum absolute atomic E-state index is 10.7. The summed E-state index contributed by atoms with van der Waals surface area (Å²) in [5.41, 5.74) is 5.24. The molecule has 0 saturated carbocycles. The number of nitrogens with zero attached hydrogens (tertiary/aromatic N) is 2. The number of rotatable bonds is 6. The Hall–Kier alpha value is -1.93. The quantitative estimate of drug-likeness (QED) is 0.473. The number of nitrogens with one attached hydrogen (secondary N) is 1. The monoisotopic (exact) mass is 242 g/mol. The Bertz CT molecular complexity index is 399. The molecule has 1 aromatic rings. The molecule has 1 rings (SSSR count). The minimum absolute atomic E-state index is 0.0325. The van der Waals surface area contributed by atoms with Gasteiger partial charge in [-0.25, -0.2) is 4.98 Å². The molecule has 94 valence electrons. The average molecular weight is 242 g/mol. The number of methoxy groups -OCH3 is 1. The van der Waals surface area contributed by atoms with E-state index < -0.39 is 11.0 Å². The summed E-state index contributed by atoms with van der Waals surface area (Å²) in [4.78, 5) is 13.9. The molecular weight excluding hydrogens is 228 g/mol. The fourth-order valence-corrected chi connectivity index (χ4v) is 1.21. The van der Waals surface area contributed by atoms with Gasteiger partial charge in [0.05, 0.1) is 17.6 Å². The first kappa shape index (κ1) is 13.1. The highest BCUT2D eigenvalue weighted by molar-refractivity contribution is 5.59. The van der Waals surface area contributed by atoms with Crippen LogP contribution in [0.3, 0.4) is 0 Å². The van der Waals surface area contributed by atoms with E-state index >= 15 is 0 Å². The topological polar surface area (TPSA) is 124 Å². The number of hydrogen-bond donors (Lipinski definition) is 3. The fraction of sp³-hybridized carbons (Fsp3) is 0.444. The summed E-state index contributed by atoms with van der Waals surface area (Å²) >= 11 is 0. The normalized spacial score (nSPS) is 12.1. The van der Waals surface area contributed by atoms with E-state index in [9.17, 15) is 15.2 Å². The first-order valence-corrected chi connectivity index (χ1v) is 4.86. The van der Waals surface area contributed by atoms with E-state index in [2.05, 4.69) is 10.3 Å². The molecule has 0 bridgehead atoms. The van der Waals surface area contributed by atoms with Gasteiger partial charge < -0.3 is 20.9 Å². The van der Waals surface area contributed by atoms with Gasteiger partial charge in [-0.05, 0) is 6.07 Å². The van der Waals surface area contributed by atoms with Gasteiger partial charge in [-0.1, -0.05) is 0 Å². The van der Waals surface area contributed by atoms with E-state index in [1.54, 1.807) is 0 Å². The number of aromatic nitrogens is 1. The second kappa shape index (κ2) is 5.97. The van der Waals surface area contributed by atoms with Gasteiger partial charge >= 0.3 is 5.69 Å². The van der Waals surface area contributed by atoms with Crippen LogP contribution in [0.4, 0.5) is 17.3 Å². The van der Waals surface area contributed by atoms with Crippen LogP contribution in [0.25, 0.3) is 0 Å². The molecule has 0 fully saturated rings. The van der Waals surface area contributed by atoms with Crippen molar-refractivity contribution in [1.29, 1.82) is 0 Å². The number of nitrogens with two attached hydrogens (primary N) is 1. The minimum Gasteiger partial charge on any atom is -0.389 e. The molecule has 1 atom stereocenters. The SMILES string of the molecule is COCC(O)CNc1nc(N)ccc1[N+](=O)[O-]. The van der Waals surface area contributed by atoms with Crippen molar-refractivity contribution >= 4 is 17.3 Å². The second-order valence-corrected chi connectivity index (χ2v) is 3.35. The van der Waals surface area contributed by atoms with Crippen molar-refractivity contribution < 1.29 is 14.8 Å². The molecule has 0 aliphatic rings. The van der Waals surface area contributed by atoms with Crippen LogP contribution in [0.1, 0.15) is 0 Å². The number of nitrogen functional groups attached to an aromatic ring is 1. The van der Waals surface area contributed by atoms with Gasteiger partial charge in [0.2, 0.25) is 5.82 Å². The number of pyridine rings is 1. The number of aliphatic hydroxyl groups is 1.